The van der Waals surface area contributed by atoms with Crippen LogP contribution in [-0.4, -0.2) is 62.4 Å². The Labute approximate surface area is 196 Å². The highest BCUT2D eigenvalue weighted by atomic mass is 19.4. The van der Waals surface area contributed by atoms with Crippen LogP contribution in [0.3, 0.4) is 0 Å². The number of pyridine rings is 1. The number of guanidine groups is 1. The monoisotopic (exact) mass is 500 g/mol. The van der Waals surface area contributed by atoms with Gasteiger partial charge in [-0.15, -0.1) is 0 Å². The number of rotatable bonds is 9. The number of nitrogens with zero attached hydrogens (tertiary/aromatic N) is 3. The Kier molecular flexibility index (Phi) is 11.4. The zero-order chi connectivity index (χ0) is 26.4. The number of carboxylic acid groups (broad SMARTS) is 2. The smallest absolute Gasteiger partial charge is 0.408 e. The van der Waals surface area contributed by atoms with Crippen molar-refractivity contribution in [1.29, 1.82) is 0 Å². The molecule has 35 heavy (non-hydrogen) atoms. The zero-order valence-electron chi connectivity index (χ0n) is 18.4. The number of H-pyrrole nitrogens is 1. The lowest BCUT2D eigenvalue weighted by Crippen LogP contribution is -2.26. The fourth-order valence-electron chi connectivity index (χ4n) is 2.09. The summed E-state index contributed by atoms with van der Waals surface area (Å²) in [6.07, 6.45) is -0.701. The number of nitrogens with two attached hydrogens (primary N) is 1. The molecule has 2 rings (SSSR count). The molecule has 2 aromatic rings. The number of aromatic nitrogens is 3. The van der Waals surface area contributed by atoms with Crippen LogP contribution in [0.2, 0.25) is 0 Å². The lowest BCUT2D eigenvalue weighted by atomic mass is 10.3. The third-order valence-electron chi connectivity index (χ3n) is 3.61. The summed E-state index contributed by atoms with van der Waals surface area (Å²) in [7, 11) is 0. The van der Waals surface area contributed by atoms with Crippen LogP contribution in [0.25, 0.3) is 0 Å². The minimum Gasteiger partial charge on any atom is -0.478 e. The molecule has 0 radical (unpaired) electrons. The lowest BCUT2D eigenvalue weighted by molar-refractivity contribution is -0.134. The number of aliphatic imine (C=N–C) groups is 1. The third kappa shape index (κ3) is 13.7. The van der Waals surface area contributed by atoms with E-state index in [9.17, 15) is 27.6 Å². The topological polar surface area (TPSA) is 193 Å². The second kappa shape index (κ2) is 14.0. The van der Waals surface area contributed by atoms with E-state index in [-0.39, 0.29) is 17.3 Å². The highest BCUT2D eigenvalue weighted by molar-refractivity contribution is 5.91. The van der Waals surface area contributed by atoms with E-state index in [1.807, 2.05) is 0 Å². The number of aryl methyl sites for hydroxylation is 2. The number of ether oxygens (including phenoxy) is 1. The van der Waals surface area contributed by atoms with E-state index in [2.05, 4.69) is 25.3 Å². The molecule has 0 aromatic carbocycles. The molecule has 0 saturated carbocycles. The minimum atomic E-state index is -4.43. The van der Waals surface area contributed by atoms with Crippen LogP contribution in [0.5, 0.6) is 5.88 Å². The first-order chi connectivity index (χ1) is 16.4. The SMILES string of the molecule is Cc1cnc(CCCOc2cccc(NC(N)=NCC(F)(F)F)n2)[nH]c1=O.O=C(O)/C=C\C(=O)O. The number of anilines is 1. The number of carboxylic acids is 2. The van der Waals surface area contributed by atoms with Crippen molar-refractivity contribution in [1.82, 2.24) is 15.0 Å². The van der Waals surface area contributed by atoms with Gasteiger partial charge in [0.05, 0.1) is 6.61 Å². The number of carbonyl (C=O) groups is 2. The van der Waals surface area contributed by atoms with E-state index >= 15 is 0 Å². The number of alkyl halides is 3. The van der Waals surface area contributed by atoms with Gasteiger partial charge in [-0.3, -0.25) is 4.79 Å². The van der Waals surface area contributed by atoms with Gasteiger partial charge in [-0.2, -0.15) is 18.2 Å². The average molecular weight is 500 g/mol. The number of hydrogen-bond donors (Lipinski definition) is 5. The van der Waals surface area contributed by atoms with E-state index in [0.717, 1.165) is 0 Å². The van der Waals surface area contributed by atoms with Crippen molar-refractivity contribution in [2.75, 3.05) is 18.5 Å². The number of halogens is 3. The van der Waals surface area contributed by atoms with Crippen molar-refractivity contribution in [3.63, 3.8) is 0 Å². The van der Waals surface area contributed by atoms with Crippen LogP contribution in [0, 0.1) is 6.92 Å². The summed E-state index contributed by atoms with van der Waals surface area (Å²) < 4.78 is 41.8. The molecular formula is C20H23F3N6O6. The van der Waals surface area contributed by atoms with E-state index < -0.39 is 30.6 Å². The van der Waals surface area contributed by atoms with Gasteiger partial charge in [0.25, 0.3) is 5.56 Å². The second-order valence-electron chi connectivity index (χ2n) is 6.61. The van der Waals surface area contributed by atoms with Gasteiger partial charge in [-0.25, -0.2) is 19.6 Å². The molecule has 190 valence electrons. The third-order valence-corrected chi connectivity index (χ3v) is 3.61. The molecule has 2 heterocycles. The van der Waals surface area contributed by atoms with Crippen molar-refractivity contribution in [2.45, 2.75) is 25.9 Å². The first-order valence-electron chi connectivity index (χ1n) is 9.78. The standard InChI is InChI=1S/C16H19F3N6O2.C4H4O4/c1-10-8-21-11(24-14(10)26)5-3-7-27-13-6-2-4-12(23-13)25-15(20)22-9-16(17,18)19;5-3(6)1-2-4(7)8/h2,4,6,8H,3,5,7,9H2,1H3,(H,21,24,26)(H3,20,22,23,25);1-2H,(H,5,6)(H,7,8)/b;2-1-. The first-order valence-corrected chi connectivity index (χ1v) is 9.78. The molecule has 0 atom stereocenters. The number of aliphatic carboxylic acids is 2. The molecule has 0 amide bonds. The van der Waals surface area contributed by atoms with Crippen LogP contribution < -0.4 is 21.3 Å². The summed E-state index contributed by atoms with van der Waals surface area (Å²) in [5, 5.41) is 18.1. The van der Waals surface area contributed by atoms with Gasteiger partial charge in [0.15, 0.2) is 5.96 Å². The molecule has 15 heteroatoms. The van der Waals surface area contributed by atoms with Crippen molar-refractivity contribution < 1.29 is 37.7 Å². The van der Waals surface area contributed by atoms with Gasteiger partial charge in [0.1, 0.15) is 18.2 Å². The lowest BCUT2D eigenvalue weighted by Gasteiger charge is -2.09. The van der Waals surface area contributed by atoms with Crippen molar-refractivity contribution in [2.24, 2.45) is 10.7 Å². The molecule has 0 unspecified atom stereocenters. The summed E-state index contributed by atoms with van der Waals surface area (Å²) in [5.41, 5.74) is 5.76. The summed E-state index contributed by atoms with van der Waals surface area (Å²) in [5.74, 6) is -1.87. The maximum absolute atomic E-state index is 12.1. The number of nitrogens with one attached hydrogen (secondary N) is 2. The quantitative estimate of drug-likeness (QED) is 0.146. The van der Waals surface area contributed by atoms with Crippen molar-refractivity contribution >= 4 is 23.7 Å². The highest BCUT2D eigenvalue weighted by Gasteiger charge is 2.26. The normalized spacial score (nSPS) is 11.5. The molecule has 2 aromatic heterocycles. The summed E-state index contributed by atoms with van der Waals surface area (Å²) in [6.45, 7) is 0.606. The van der Waals surface area contributed by atoms with Gasteiger partial charge in [-0.1, -0.05) is 6.07 Å². The van der Waals surface area contributed by atoms with Crippen LogP contribution in [-0.2, 0) is 16.0 Å². The predicted octanol–water partition coefficient (Wildman–Crippen LogP) is 1.49. The Morgan fingerprint density at radius 2 is 1.91 bits per heavy atom. The summed E-state index contributed by atoms with van der Waals surface area (Å²) in [4.78, 5) is 44.7. The van der Waals surface area contributed by atoms with Gasteiger partial charge in [-0.05, 0) is 19.4 Å². The number of aromatic amines is 1. The molecule has 0 aliphatic carbocycles. The van der Waals surface area contributed by atoms with E-state index in [4.69, 9.17) is 20.7 Å². The number of hydrogen-bond acceptors (Lipinski definition) is 7. The molecule has 0 spiro atoms. The molecule has 0 saturated heterocycles. The van der Waals surface area contributed by atoms with Gasteiger partial charge >= 0.3 is 18.1 Å². The fraction of sp³-hybridized carbons (Fsp3) is 0.300. The molecular weight excluding hydrogens is 477 g/mol. The minimum absolute atomic E-state index is 0.175. The van der Waals surface area contributed by atoms with Gasteiger partial charge in [0.2, 0.25) is 5.88 Å². The summed E-state index contributed by atoms with van der Waals surface area (Å²) >= 11 is 0. The Bertz CT molecular complexity index is 1100. The highest BCUT2D eigenvalue weighted by Crippen LogP contribution is 2.15. The Balaban J connectivity index is 0.000000658. The van der Waals surface area contributed by atoms with Crippen molar-refractivity contribution in [3.8, 4) is 5.88 Å². The first kappa shape index (κ1) is 28.6. The summed E-state index contributed by atoms with van der Waals surface area (Å²) in [6, 6.07) is 4.73. The van der Waals surface area contributed by atoms with Crippen LogP contribution in [0.15, 0.2) is 46.3 Å². The molecule has 6 N–H and O–H groups in total. The maximum Gasteiger partial charge on any atom is 0.408 e. The van der Waals surface area contributed by atoms with Crippen LogP contribution >= 0.6 is 0 Å². The van der Waals surface area contributed by atoms with Gasteiger partial charge in [0, 0.05) is 36.4 Å². The molecule has 0 fully saturated rings. The second-order valence-corrected chi connectivity index (χ2v) is 6.61. The Morgan fingerprint density at radius 1 is 1.26 bits per heavy atom. The van der Waals surface area contributed by atoms with E-state index in [1.54, 1.807) is 19.1 Å². The Hall–Kier alpha value is -4.43. The molecule has 0 bridgehead atoms. The predicted molar refractivity (Wildman–Crippen MR) is 118 cm³/mol. The molecule has 0 aliphatic heterocycles. The van der Waals surface area contributed by atoms with Crippen LogP contribution in [0.1, 0.15) is 17.8 Å². The Morgan fingerprint density at radius 3 is 2.49 bits per heavy atom. The maximum atomic E-state index is 12.1. The van der Waals surface area contributed by atoms with Crippen LogP contribution in [0.4, 0.5) is 19.0 Å². The zero-order valence-corrected chi connectivity index (χ0v) is 18.4. The van der Waals surface area contributed by atoms with Gasteiger partial charge < -0.3 is 31.0 Å². The molecule has 0 aliphatic rings. The largest absolute Gasteiger partial charge is 0.478 e. The molecule has 12 nitrogen and oxygen atoms in total. The fourth-order valence-corrected chi connectivity index (χ4v) is 2.09. The van der Waals surface area contributed by atoms with Crippen molar-refractivity contribution in [3.05, 3.63) is 58.3 Å². The van der Waals surface area contributed by atoms with E-state index in [0.29, 0.717) is 43.0 Å². The average Bonchev–Trinajstić information content (AvgIpc) is 2.76. The van der Waals surface area contributed by atoms with E-state index in [1.165, 1.54) is 12.3 Å².